The Morgan fingerprint density at radius 2 is 1.97 bits per heavy atom. The number of likely N-dealkylation sites (tertiary alicyclic amines) is 1. The normalized spacial score (nSPS) is 37.1. The summed E-state index contributed by atoms with van der Waals surface area (Å²) in [6.07, 6.45) is 4.28. The predicted molar refractivity (Wildman–Crippen MR) is 125 cm³/mol. The van der Waals surface area contributed by atoms with Gasteiger partial charge in [0.05, 0.1) is 24.2 Å². The quantitative estimate of drug-likeness (QED) is 0.705. The molecule has 0 aromatic heterocycles. The Morgan fingerprint density at radius 1 is 1.23 bits per heavy atom. The lowest BCUT2D eigenvalue weighted by molar-refractivity contribution is -0.172. The van der Waals surface area contributed by atoms with E-state index < -0.39 is 19.3 Å². The fourth-order valence-corrected chi connectivity index (χ4v) is 8.14. The van der Waals surface area contributed by atoms with Gasteiger partial charge in [-0.15, -0.1) is 0 Å². The van der Waals surface area contributed by atoms with Crippen LogP contribution < -0.4 is 9.47 Å². The van der Waals surface area contributed by atoms with Gasteiger partial charge in [0, 0.05) is 11.6 Å². The lowest BCUT2D eigenvalue weighted by atomic mass is 9.50. The van der Waals surface area contributed by atoms with E-state index in [1.807, 2.05) is 6.07 Å². The van der Waals surface area contributed by atoms with Crippen molar-refractivity contribution in [3.63, 3.8) is 0 Å². The molecule has 2 aliphatic carbocycles. The molecule has 2 heterocycles. The van der Waals surface area contributed by atoms with Crippen molar-refractivity contribution in [1.29, 1.82) is 0 Å². The summed E-state index contributed by atoms with van der Waals surface area (Å²) >= 11 is 0. The van der Waals surface area contributed by atoms with Gasteiger partial charge in [0.25, 0.3) is 0 Å². The number of hydrogen-bond donors (Lipinski definition) is 1. The summed E-state index contributed by atoms with van der Waals surface area (Å²) in [4.78, 5) is 2.39. The summed E-state index contributed by atoms with van der Waals surface area (Å²) in [5.74, 6) is 1.64. The summed E-state index contributed by atoms with van der Waals surface area (Å²) in [6, 6.07) is 4.36. The molecule has 1 saturated heterocycles. The Morgan fingerprint density at radius 3 is 2.65 bits per heavy atom. The lowest BCUT2D eigenvalue weighted by Crippen LogP contribution is -2.73. The molecule has 31 heavy (non-hydrogen) atoms. The van der Waals surface area contributed by atoms with E-state index in [0.717, 1.165) is 50.1 Å². The SMILES string of the molecule is COc1ccc2c3c1O[C@@H]1[C@@H](O[Si](C)(C)C(C)(C)C)CC[C@]4(O)[C@H](C2)N(C)CCC[C@@]314. The maximum Gasteiger partial charge on any atom is 0.192 e. The fraction of sp³-hybridized carbons (Fsp3) is 0.760. The molecule has 0 amide bonds. The molecular formula is C25H39NO4Si. The molecule has 2 aliphatic heterocycles. The topological polar surface area (TPSA) is 51.2 Å². The van der Waals surface area contributed by atoms with Gasteiger partial charge in [0.2, 0.25) is 0 Å². The average molecular weight is 446 g/mol. The first-order valence-corrected chi connectivity index (χ1v) is 14.8. The number of hydrogen-bond acceptors (Lipinski definition) is 5. The van der Waals surface area contributed by atoms with E-state index in [1.165, 1.54) is 11.1 Å². The van der Waals surface area contributed by atoms with Gasteiger partial charge in [-0.3, -0.25) is 0 Å². The third kappa shape index (κ3) is 2.71. The molecule has 4 aliphatic rings. The van der Waals surface area contributed by atoms with Gasteiger partial charge >= 0.3 is 0 Å². The minimum atomic E-state index is -1.99. The molecule has 2 bridgehead atoms. The molecular weight excluding hydrogens is 406 g/mol. The molecule has 1 aromatic carbocycles. The fourth-order valence-electron chi connectivity index (χ4n) is 6.79. The van der Waals surface area contributed by atoms with Gasteiger partial charge in [-0.05, 0) is 75.5 Å². The maximum atomic E-state index is 12.5. The highest BCUT2D eigenvalue weighted by atomic mass is 28.4. The number of likely N-dealkylation sites (N-methyl/N-ethyl adjacent to an activating group) is 1. The molecule has 6 heteroatoms. The minimum absolute atomic E-state index is 0.00622. The van der Waals surface area contributed by atoms with Crippen LogP contribution in [0.25, 0.3) is 0 Å². The van der Waals surface area contributed by atoms with Gasteiger partial charge in [-0.2, -0.15) is 0 Å². The van der Waals surface area contributed by atoms with E-state index in [0.29, 0.717) is 0 Å². The van der Waals surface area contributed by atoms with Crippen LogP contribution in [-0.2, 0) is 16.3 Å². The molecule has 5 nitrogen and oxygen atoms in total. The first-order chi connectivity index (χ1) is 14.5. The van der Waals surface area contributed by atoms with Crippen LogP contribution in [-0.4, -0.2) is 62.9 Å². The number of benzene rings is 1. The summed E-state index contributed by atoms with van der Waals surface area (Å²) in [5, 5.41) is 12.6. The lowest BCUT2D eigenvalue weighted by Gasteiger charge is -2.59. The Kier molecular flexibility index (Phi) is 4.71. The maximum absolute atomic E-state index is 12.5. The zero-order chi connectivity index (χ0) is 22.4. The molecule has 2 fully saturated rings. The first kappa shape index (κ1) is 21.7. The van der Waals surface area contributed by atoms with Crippen LogP contribution in [0.2, 0.25) is 18.1 Å². The van der Waals surface area contributed by atoms with Crippen LogP contribution in [0.3, 0.4) is 0 Å². The number of nitrogens with zero attached hydrogens (tertiary/aromatic N) is 1. The summed E-state index contributed by atoms with van der Waals surface area (Å²) in [6.45, 7) is 12.5. The summed E-state index contributed by atoms with van der Waals surface area (Å²) < 4.78 is 19.6. The summed E-state index contributed by atoms with van der Waals surface area (Å²) in [7, 11) is 1.90. The van der Waals surface area contributed by atoms with Gasteiger partial charge in [-0.25, -0.2) is 0 Å². The molecule has 1 spiro atoms. The molecule has 172 valence electrons. The molecule has 0 radical (unpaired) electrons. The Balaban J connectivity index is 1.69. The van der Waals surface area contributed by atoms with Crippen molar-refractivity contribution >= 4 is 8.32 Å². The average Bonchev–Trinajstić information content (AvgIpc) is 3.02. The van der Waals surface area contributed by atoms with Gasteiger partial charge in [0.1, 0.15) is 6.10 Å². The second-order valence-electron chi connectivity index (χ2n) is 11.8. The van der Waals surface area contributed by atoms with E-state index in [2.05, 4.69) is 51.9 Å². The Labute approximate surface area is 188 Å². The smallest absolute Gasteiger partial charge is 0.192 e. The first-order valence-electron chi connectivity index (χ1n) is 11.9. The van der Waals surface area contributed by atoms with Crippen LogP contribution in [0.15, 0.2) is 12.1 Å². The van der Waals surface area contributed by atoms with E-state index in [9.17, 15) is 5.11 Å². The Bertz CT molecular complexity index is 896. The molecule has 0 unspecified atom stereocenters. The number of methoxy groups -OCH3 is 1. The Hall–Kier alpha value is -1.08. The van der Waals surface area contributed by atoms with Crippen molar-refractivity contribution in [2.24, 2.45) is 0 Å². The van der Waals surface area contributed by atoms with E-state index in [-0.39, 0.29) is 23.3 Å². The highest BCUT2D eigenvalue weighted by Crippen LogP contribution is 2.65. The molecule has 5 atom stereocenters. The van der Waals surface area contributed by atoms with Crippen LogP contribution in [0, 0.1) is 0 Å². The highest BCUT2D eigenvalue weighted by Gasteiger charge is 2.72. The van der Waals surface area contributed by atoms with Crippen molar-refractivity contribution in [2.45, 2.75) is 100 Å². The third-order valence-corrected chi connectivity index (χ3v) is 13.9. The zero-order valence-electron chi connectivity index (χ0n) is 20.2. The van der Waals surface area contributed by atoms with E-state index in [1.54, 1.807) is 7.11 Å². The second-order valence-corrected chi connectivity index (χ2v) is 16.6. The van der Waals surface area contributed by atoms with Gasteiger partial charge in [0.15, 0.2) is 19.8 Å². The second kappa shape index (κ2) is 6.72. The van der Waals surface area contributed by atoms with E-state index >= 15 is 0 Å². The van der Waals surface area contributed by atoms with Crippen LogP contribution in [0.4, 0.5) is 0 Å². The summed E-state index contributed by atoms with van der Waals surface area (Å²) in [5.41, 5.74) is 1.30. The van der Waals surface area contributed by atoms with Crippen molar-refractivity contribution < 1.29 is 19.0 Å². The molecule has 5 rings (SSSR count). The predicted octanol–water partition coefficient (Wildman–Crippen LogP) is 4.26. The van der Waals surface area contributed by atoms with Gasteiger partial charge in [-0.1, -0.05) is 26.8 Å². The zero-order valence-corrected chi connectivity index (χ0v) is 21.2. The van der Waals surface area contributed by atoms with Crippen LogP contribution in [0.5, 0.6) is 11.5 Å². The van der Waals surface area contributed by atoms with Crippen molar-refractivity contribution in [2.75, 3.05) is 20.7 Å². The number of rotatable bonds is 3. The monoisotopic (exact) mass is 445 g/mol. The van der Waals surface area contributed by atoms with E-state index in [4.69, 9.17) is 13.9 Å². The minimum Gasteiger partial charge on any atom is -0.493 e. The largest absolute Gasteiger partial charge is 0.493 e. The molecule has 1 N–H and O–H groups in total. The van der Waals surface area contributed by atoms with Gasteiger partial charge < -0.3 is 23.9 Å². The van der Waals surface area contributed by atoms with Crippen molar-refractivity contribution in [3.8, 4) is 11.5 Å². The third-order valence-electron chi connectivity index (χ3n) is 9.36. The van der Waals surface area contributed by atoms with Crippen LogP contribution in [0.1, 0.15) is 57.6 Å². The van der Waals surface area contributed by atoms with Crippen molar-refractivity contribution in [1.82, 2.24) is 4.90 Å². The standard InChI is InChI=1S/C25H39NO4Si/c1-23(2,3)31(6,7)30-18-11-13-25(27)19-15-16-9-10-17(28-5)21-20(16)24(25,22(18)29-21)12-8-14-26(19)4/h9-10,18-19,22,27H,8,11-15H2,1-7H3/t18-,19-,22+,24+,25-/m0/s1. The molecule has 1 saturated carbocycles. The molecule has 1 aromatic rings. The number of ether oxygens (including phenoxy) is 2. The number of aliphatic hydroxyl groups is 1. The van der Waals surface area contributed by atoms with Crippen molar-refractivity contribution in [3.05, 3.63) is 23.3 Å². The van der Waals surface area contributed by atoms with Crippen LogP contribution >= 0.6 is 0 Å². The highest BCUT2D eigenvalue weighted by molar-refractivity contribution is 6.74.